The summed E-state index contributed by atoms with van der Waals surface area (Å²) >= 11 is 13.0. The Bertz CT molecular complexity index is 435. The van der Waals surface area contributed by atoms with Crippen molar-refractivity contribution in [1.82, 2.24) is 5.32 Å². The number of amides is 1. The second kappa shape index (κ2) is 8.28. The number of carbonyl (C=O) groups excluding carboxylic acids is 1. The summed E-state index contributed by atoms with van der Waals surface area (Å²) in [5.74, 6) is 0.439. The molecule has 0 saturated heterocycles. The highest BCUT2D eigenvalue weighted by molar-refractivity contribution is 9.10. The van der Waals surface area contributed by atoms with Crippen molar-refractivity contribution in [3.63, 3.8) is 0 Å². The number of nitrogens with one attached hydrogen (secondary N) is 1. The zero-order valence-electron chi connectivity index (χ0n) is 11.1. The molecule has 1 atom stereocenters. The van der Waals surface area contributed by atoms with Gasteiger partial charge in [-0.3, -0.25) is 4.79 Å². The van der Waals surface area contributed by atoms with E-state index >= 15 is 0 Å². The van der Waals surface area contributed by atoms with E-state index in [1.165, 1.54) is 0 Å². The lowest BCUT2D eigenvalue weighted by molar-refractivity contribution is 0.0952. The van der Waals surface area contributed by atoms with Gasteiger partial charge in [0.1, 0.15) is 0 Å². The molecule has 2 nitrogen and oxygen atoms in total. The summed E-state index contributed by atoms with van der Waals surface area (Å²) in [7, 11) is 0. The molecule has 5 heteroatoms. The molecule has 1 aromatic carbocycles. The topological polar surface area (TPSA) is 29.1 Å². The van der Waals surface area contributed by atoms with Crippen LogP contribution in [-0.4, -0.2) is 17.3 Å². The lowest BCUT2D eigenvalue weighted by Crippen LogP contribution is -2.33. The smallest absolute Gasteiger partial charge is 0.252 e. The minimum absolute atomic E-state index is 0.132. The van der Waals surface area contributed by atoms with Gasteiger partial charge in [-0.2, -0.15) is 0 Å². The first-order chi connectivity index (χ1) is 8.99. The maximum Gasteiger partial charge on any atom is 0.252 e. The minimum atomic E-state index is -0.132. The molecule has 0 fully saturated rings. The maximum atomic E-state index is 12.0. The SMILES string of the molecule is CCC(CC)C(Br)CNC(=O)c1ccc(Br)cc1Cl. The largest absolute Gasteiger partial charge is 0.351 e. The van der Waals surface area contributed by atoms with E-state index in [1.54, 1.807) is 12.1 Å². The fourth-order valence-corrected chi connectivity index (χ4v) is 3.59. The molecule has 0 heterocycles. The Hall–Kier alpha value is -0.0600. The quantitative estimate of drug-likeness (QED) is 0.654. The summed E-state index contributed by atoms with van der Waals surface area (Å²) in [5, 5.41) is 3.38. The summed E-state index contributed by atoms with van der Waals surface area (Å²) < 4.78 is 0.865. The number of halogens is 3. The molecule has 106 valence electrons. The Labute approximate surface area is 136 Å². The van der Waals surface area contributed by atoms with Crippen molar-refractivity contribution >= 4 is 49.4 Å². The second-order valence-electron chi connectivity index (χ2n) is 4.43. The standard InChI is InChI=1S/C14H18Br2ClNO/c1-3-9(4-2)12(16)8-18-14(19)11-6-5-10(15)7-13(11)17/h5-7,9,12H,3-4,8H2,1-2H3,(H,18,19). The third kappa shape index (κ3) is 5.09. The molecule has 0 radical (unpaired) electrons. The lowest BCUT2D eigenvalue weighted by atomic mass is 9.99. The van der Waals surface area contributed by atoms with Crippen LogP contribution in [0.15, 0.2) is 22.7 Å². The van der Waals surface area contributed by atoms with Gasteiger partial charge >= 0.3 is 0 Å². The third-order valence-corrected chi connectivity index (χ3v) is 5.07. The van der Waals surface area contributed by atoms with Crippen molar-refractivity contribution in [3.8, 4) is 0 Å². The fourth-order valence-electron chi connectivity index (χ4n) is 1.93. The number of alkyl halides is 1. The Balaban J connectivity index is 2.60. The summed E-state index contributed by atoms with van der Waals surface area (Å²) in [6.45, 7) is 4.93. The van der Waals surface area contributed by atoms with Crippen LogP contribution in [0, 0.1) is 5.92 Å². The van der Waals surface area contributed by atoms with E-state index in [0.29, 0.717) is 27.9 Å². The highest BCUT2D eigenvalue weighted by atomic mass is 79.9. The van der Waals surface area contributed by atoms with Crippen molar-refractivity contribution < 1.29 is 4.79 Å². The number of benzene rings is 1. The third-order valence-electron chi connectivity index (χ3n) is 3.19. The zero-order valence-corrected chi connectivity index (χ0v) is 15.0. The summed E-state index contributed by atoms with van der Waals surface area (Å²) in [6, 6.07) is 5.26. The molecule has 0 aliphatic carbocycles. The lowest BCUT2D eigenvalue weighted by Gasteiger charge is -2.20. The van der Waals surface area contributed by atoms with Crippen LogP contribution in [0.3, 0.4) is 0 Å². The normalized spacial score (nSPS) is 12.5. The molecule has 0 saturated carbocycles. The molecule has 0 aliphatic rings. The van der Waals surface area contributed by atoms with Gasteiger partial charge in [0.15, 0.2) is 0 Å². The van der Waals surface area contributed by atoms with E-state index in [1.807, 2.05) is 6.07 Å². The van der Waals surface area contributed by atoms with Crippen molar-refractivity contribution in [3.05, 3.63) is 33.3 Å². The first-order valence-corrected chi connectivity index (χ1v) is 8.45. The van der Waals surface area contributed by atoms with Crippen LogP contribution in [0.4, 0.5) is 0 Å². The van der Waals surface area contributed by atoms with Crippen LogP contribution in [0.25, 0.3) is 0 Å². The van der Waals surface area contributed by atoms with Gasteiger partial charge in [-0.15, -0.1) is 0 Å². The summed E-state index contributed by atoms with van der Waals surface area (Å²) in [5.41, 5.74) is 0.508. The van der Waals surface area contributed by atoms with Crippen LogP contribution in [-0.2, 0) is 0 Å². The number of rotatable bonds is 6. The molecule has 0 aliphatic heterocycles. The van der Waals surface area contributed by atoms with Crippen LogP contribution >= 0.6 is 43.5 Å². The van der Waals surface area contributed by atoms with Gasteiger partial charge in [-0.1, -0.05) is 70.1 Å². The molecule has 0 spiro atoms. The van der Waals surface area contributed by atoms with E-state index in [9.17, 15) is 4.79 Å². The fraction of sp³-hybridized carbons (Fsp3) is 0.500. The van der Waals surface area contributed by atoms with Gasteiger partial charge in [0.2, 0.25) is 0 Å². The van der Waals surface area contributed by atoms with E-state index in [4.69, 9.17) is 11.6 Å². The first-order valence-electron chi connectivity index (χ1n) is 6.36. The average Bonchev–Trinajstić information content (AvgIpc) is 2.37. The van der Waals surface area contributed by atoms with E-state index in [0.717, 1.165) is 17.3 Å². The highest BCUT2D eigenvalue weighted by Gasteiger charge is 2.17. The number of hydrogen-bond donors (Lipinski definition) is 1. The van der Waals surface area contributed by atoms with E-state index < -0.39 is 0 Å². The Kier molecular flexibility index (Phi) is 7.40. The number of hydrogen-bond acceptors (Lipinski definition) is 1. The van der Waals surface area contributed by atoms with Gasteiger partial charge in [0.25, 0.3) is 5.91 Å². The predicted octanol–water partition coefficient (Wildman–Crippen LogP) is 5.03. The molecule has 0 aromatic heterocycles. The molecule has 19 heavy (non-hydrogen) atoms. The number of carbonyl (C=O) groups is 1. The summed E-state index contributed by atoms with van der Waals surface area (Å²) in [6.07, 6.45) is 2.20. The second-order valence-corrected chi connectivity index (χ2v) is 6.93. The average molecular weight is 412 g/mol. The van der Waals surface area contributed by atoms with Crippen LogP contribution < -0.4 is 5.32 Å². The van der Waals surface area contributed by atoms with Crippen molar-refractivity contribution in [2.24, 2.45) is 5.92 Å². The van der Waals surface area contributed by atoms with Gasteiger partial charge in [-0.05, 0) is 24.1 Å². The first kappa shape index (κ1) is 17.0. The van der Waals surface area contributed by atoms with E-state index in [2.05, 4.69) is 51.0 Å². The Morgan fingerprint density at radius 3 is 2.53 bits per heavy atom. The molecule has 1 amide bonds. The van der Waals surface area contributed by atoms with Gasteiger partial charge in [-0.25, -0.2) is 0 Å². The molecule has 1 unspecified atom stereocenters. The Morgan fingerprint density at radius 2 is 2.00 bits per heavy atom. The Morgan fingerprint density at radius 1 is 1.37 bits per heavy atom. The van der Waals surface area contributed by atoms with Crippen LogP contribution in [0.5, 0.6) is 0 Å². The van der Waals surface area contributed by atoms with E-state index in [-0.39, 0.29) is 5.91 Å². The van der Waals surface area contributed by atoms with Crippen molar-refractivity contribution in [2.75, 3.05) is 6.54 Å². The molecule has 1 aromatic rings. The monoisotopic (exact) mass is 409 g/mol. The van der Waals surface area contributed by atoms with Gasteiger partial charge < -0.3 is 5.32 Å². The molecular weight excluding hydrogens is 393 g/mol. The molecule has 1 rings (SSSR count). The predicted molar refractivity (Wildman–Crippen MR) is 88.3 cm³/mol. The van der Waals surface area contributed by atoms with Crippen molar-refractivity contribution in [1.29, 1.82) is 0 Å². The minimum Gasteiger partial charge on any atom is -0.351 e. The zero-order chi connectivity index (χ0) is 14.4. The summed E-state index contributed by atoms with van der Waals surface area (Å²) in [4.78, 5) is 12.3. The maximum absolute atomic E-state index is 12.0. The van der Waals surface area contributed by atoms with Crippen LogP contribution in [0.2, 0.25) is 5.02 Å². The van der Waals surface area contributed by atoms with Crippen molar-refractivity contribution in [2.45, 2.75) is 31.5 Å². The molecular formula is C14H18Br2ClNO. The van der Waals surface area contributed by atoms with Crippen LogP contribution in [0.1, 0.15) is 37.0 Å². The van der Waals surface area contributed by atoms with Gasteiger partial charge in [0.05, 0.1) is 10.6 Å². The molecule has 0 bridgehead atoms. The highest BCUT2D eigenvalue weighted by Crippen LogP contribution is 2.22. The molecule has 1 N–H and O–H groups in total. The van der Waals surface area contributed by atoms with Gasteiger partial charge in [0, 0.05) is 15.8 Å².